The van der Waals surface area contributed by atoms with Crippen LogP contribution in [0.25, 0.3) is 0 Å². The van der Waals surface area contributed by atoms with Gasteiger partial charge >= 0.3 is 0 Å². The van der Waals surface area contributed by atoms with E-state index in [2.05, 4.69) is 13.8 Å². The van der Waals surface area contributed by atoms with Gasteiger partial charge in [0.15, 0.2) is 0 Å². The van der Waals surface area contributed by atoms with Gasteiger partial charge in [-0.1, -0.05) is 44.2 Å². The lowest BCUT2D eigenvalue weighted by Crippen LogP contribution is -2.16. The monoisotopic (exact) mass is 301 g/mol. The van der Waals surface area contributed by atoms with E-state index in [1.165, 1.54) is 6.07 Å². The van der Waals surface area contributed by atoms with Gasteiger partial charge in [0.1, 0.15) is 11.6 Å². The first-order valence-electron chi connectivity index (χ1n) is 7.76. The molecular weight excluding hydrogens is 277 g/mol. The van der Waals surface area contributed by atoms with Crippen molar-refractivity contribution in [2.24, 2.45) is 11.7 Å². The predicted octanol–water partition coefficient (Wildman–Crippen LogP) is 4.15. The quantitative estimate of drug-likeness (QED) is 0.834. The van der Waals surface area contributed by atoms with Crippen LogP contribution in [-0.2, 0) is 6.42 Å². The molecule has 0 amide bonds. The molecule has 0 aliphatic rings. The normalized spacial score (nSPS) is 12.4. The van der Waals surface area contributed by atoms with E-state index in [9.17, 15) is 4.39 Å². The van der Waals surface area contributed by atoms with E-state index < -0.39 is 0 Å². The molecule has 1 atom stereocenters. The third kappa shape index (κ3) is 4.57. The van der Waals surface area contributed by atoms with Gasteiger partial charge in [0, 0.05) is 5.92 Å². The van der Waals surface area contributed by atoms with Crippen molar-refractivity contribution < 1.29 is 9.13 Å². The van der Waals surface area contributed by atoms with E-state index in [-0.39, 0.29) is 11.7 Å². The topological polar surface area (TPSA) is 35.2 Å². The summed E-state index contributed by atoms with van der Waals surface area (Å²) in [4.78, 5) is 0. The van der Waals surface area contributed by atoms with Gasteiger partial charge in [0.2, 0.25) is 0 Å². The SMILES string of the molecule is CC(C)COc1cccc(CC(CN)c2ccccc2F)c1. The molecule has 0 saturated heterocycles. The fourth-order valence-corrected chi connectivity index (χ4v) is 2.44. The van der Waals surface area contributed by atoms with Gasteiger partial charge in [-0.2, -0.15) is 0 Å². The zero-order valence-electron chi connectivity index (χ0n) is 13.3. The number of benzene rings is 2. The maximum absolute atomic E-state index is 13.9. The molecule has 0 bridgehead atoms. The van der Waals surface area contributed by atoms with Gasteiger partial charge < -0.3 is 10.5 Å². The van der Waals surface area contributed by atoms with E-state index in [0.717, 1.165) is 11.3 Å². The first-order valence-corrected chi connectivity index (χ1v) is 7.76. The lowest BCUT2D eigenvalue weighted by Gasteiger charge is -2.17. The first kappa shape index (κ1) is 16.5. The molecule has 0 aliphatic carbocycles. The molecule has 0 saturated carbocycles. The molecule has 2 N–H and O–H groups in total. The lowest BCUT2D eigenvalue weighted by molar-refractivity contribution is 0.271. The maximum Gasteiger partial charge on any atom is 0.126 e. The summed E-state index contributed by atoms with van der Waals surface area (Å²) < 4.78 is 19.7. The molecule has 2 aromatic carbocycles. The van der Waals surface area contributed by atoms with Crippen LogP contribution in [0.15, 0.2) is 48.5 Å². The minimum Gasteiger partial charge on any atom is -0.493 e. The van der Waals surface area contributed by atoms with Gasteiger partial charge in [0.05, 0.1) is 6.61 Å². The van der Waals surface area contributed by atoms with E-state index >= 15 is 0 Å². The molecule has 0 heterocycles. The second-order valence-electron chi connectivity index (χ2n) is 6.01. The lowest BCUT2D eigenvalue weighted by atomic mass is 9.91. The number of ether oxygens (including phenoxy) is 1. The fraction of sp³-hybridized carbons (Fsp3) is 0.368. The van der Waals surface area contributed by atoms with Crippen LogP contribution in [0.1, 0.15) is 30.9 Å². The van der Waals surface area contributed by atoms with Gasteiger partial charge in [-0.3, -0.25) is 0 Å². The van der Waals surface area contributed by atoms with Crippen LogP contribution in [0.3, 0.4) is 0 Å². The van der Waals surface area contributed by atoms with Crippen LogP contribution in [0.5, 0.6) is 5.75 Å². The maximum atomic E-state index is 13.9. The highest BCUT2D eigenvalue weighted by Gasteiger charge is 2.15. The van der Waals surface area contributed by atoms with Crippen molar-refractivity contribution in [1.29, 1.82) is 0 Å². The molecule has 22 heavy (non-hydrogen) atoms. The minimum atomic E-state index is -0.190. The largest absolute Gasteiger partial charge is 0.493 e. The second kappa shape index (κ2) is 7.95. The number of halogens is 1. The first-order chi connectivity index (χ1) is 10.6. The molecule has 0 fully saturated rings. The van der Waals surface area contributed by atoms with Gasteiger partial charge in [0.25, 0.3) is 0 Å². The Labute approximate surface area is 132 Å². The van der Waals surface area contributed by atoms with Crippen molar-refractivity contribution in [2.45, 2.75) is 26.2 Å². The Bertz CT molecular complexity index is 597. The summed E-state index contributed by atoms with van der Waals surface area (Å²) in [5, 5.41) is 0. The van der Waals surface area contributed by atoms with E-state index in [0.29, 0.717) is 31.1 Å². The highest BCUT2D eigenvalue weighted by atomic mass is 19.1. The van der Waals surface area contributed by atoms with Crippen molar-refractivity contribution in [3.8, 4) is 5.75 Å². The number of rotatable bonds is 7. The van der Waals surface area contributed by atoms with E-state index in [4.69, 9.17) is 10.5 Å². The van der Waals surface area contributed by atoms with Crippen LogP contribution in [0, 0.1) is 11.7 Å². The van der Waals surface area contributed by atoms with Crippen molar-refractivity contribution in [3.05, 3.63) is 65.5 Å². The van der Waals surface area contributed by atoms with Crippen molar-refractivity contribution in [2.75, 3.05) is 13.2 Å². The third-order valence-corrected chi connectivity index (χ3v) is 3.59. The summed E-state index contributed by atoms with van der Waals surface area (Å²) in [6, 6.07) is 14.8. The smallest absolute Gasteiger partial charge is 0.126 e. The Hall–Kier alpha value is -1.87. The van der Waals surface area contributed by atoms with Crippen molar-refractivity contribution >= 4 is 0 Å². The molecule has 2 rings (SSSR count). The van der Waals surface area contributed by atoms with Gasteiger partial charge in [-0.05, 0) is 48.2 Å². The number of hydrogen-bond donors (Lipinski definition) is 1. The van der Waals surface area contributed by atoms with Gasteiger partial charge in [-0.25, -0.2) is 4.39 Å². The van der Waals surface area contributed by atoms with Crippen LogP contribution >= 0.6 is 0 Å². The predicted molar refractivity (Wildman–Crippen MR) is 88.7 cm³/mol. The average Bonchev–Trinajstić information content (AvgIpc) is 2.52. The molecule has 0 radical (unpaired) electrons. The summed E-state index contributed by atoms with van der Waals surface area (Å²) in [6.07, 6.45) is 0.705. The van der Waals surface area contributed by atoms with Crippen LogP contribution < -0.4 is 10.5 Å². The molecule has 2 nitrogen and oxygen atoms in total. The fourth-order valence-electron chi connectivity index (χ4n) is 2.44. The van der Waals surface area contributed by atoms with Crippen molar-refractivity contribution in [1.82, 2.24) is 0 Å². The molecule has 0 aromatic heterocycles. The summed E-state index contributed by atoms with van der Waals surface area (Å²) in [7, 11) is 0. The second-order valence-corrected chi connectivity index (χ2v) is 6.01. The average molecular weight is 301 g/mol. The van der Waals surface area contributed by atoms with Crippen LogP contribution in [0.2, 0.25) is 0 Å². The molecule has 2 aromatic rings. The molecule has 1 unspecified atom stereocenters. The van der Waals surface area contributed by atoms with E-state index in [1.54, 1.807) is 6.07 Å². The van der Waals surface area contributed by atoms with Crippen molar-refractivity contribution in [3.63, 3.8) is 0 Å². The summed E-state index contributed by atoms with van der Waals surface area (Å²) in [5.41, 5.74) is 7.65. The summed E-state index contributed by atoms with van der Waals surface area (Å²) in [5.74, 6) is 1.13. The zero-order chi connectivity index (χ0) is 15.9. The third-order valence-electron chi connectivity index (χ3n) is 3.59. The highest BCUT2D eigenvalue weighted by Crippen LogP contribution is 2.24. The summed E-state index contributed by atoms with van der Waals surface area (Å²) >= 11 is 0. The number of hydrogen-bond acceptors (Lipinski definition) is 2. The minimum absolute atomic E-state index is 0.0263. The zero-order valence-corrected chi connectivity index (χ0v) is 13.3. The molecule has 3 heteroatoms. The molecular formula is C19H24FNO. The number of nitrogens with two attached hydrogens (primary N) is 1. The Balaban J connectivity index is 2.11. The Morgan fingerprint density at radius 2 is 1.86 bits per heavy atom. The molecule has 0 aliphatic heterocycles. The molecule has 0 spiro atoms. The summed E-state index contributed by atoms with van der Waals surface area (Å²) in [6.45, 7) is 5.34. The standard InChI is InChI=1S/C19H24FNO/c1-14(2)13-22-17-7-5-6-15(11-17)10-16(12-21)18-8-3-4-9-19(18)20/h3-9,11,14,16H,10,12-13,21H2,1-2H3. The Morgan fingerprint density at radius 1 is 1.09 bits per heavy atom. The van der Waals surface area contributed by atoms with Gasteiger partial charge in [-0.15, -0.1) is 0 Å². The Morgan fingerprint density at radius 3 is 2.55 bits per heavy atom. The van der Waals surface area contributed by atoms with Crippen LogP contribution in [0.4, 0.5) is 4.39 Å². The van der Waals surface area contributed by atoms with E-state index in [1.807, 2.05) is 36.4 Å². The Kier molecular flexibility index (Phi) is 5.96. The molecule has 118 valence electrons. The highest BCUT2D eigenvalue weighted by molar-refractivity contribution is 5.31. The van der Waals surface area contributed by atoms with Crippen LogP contribution in [-0.4, -0.2) is 13.2 Å².